The van der Waals surface area contributed by atoms with E-state index in [1.165, 1.54) is 11.1 Å². The molecule has 0 spiro atoms. The highest BCUT2D eigenvalue weighted by atomic mass is 32.1. The Hall–Kier alpha value is -1.13. The standard InChI is InChI=1S/C12H16N2OS/c1-9(11-5-13-6-11)12(15)14(2)7-10-3-4-16-8-10/h3-4,8,13H,5-7H2,1-2H3. The molecular weight excluding hydrogens is 220 g/mol. The molecule has 16 heavy (non-hydrogen) atoms. The van der Waals surface area contributed by atoms with Gasteiger partial charge in [0.2, 0.25) is 5.91 Å². The SMILES string of the molecule is CC(C(=O)N(C)Cc1ccsc1)=C1CNC1. The Bertz CT molecular complexity index is 403. The van der Waals surface area contributed by atoms with Crippen molar-refractivity contribution in [2.45, 2.75) is 13.5 Å². The molecule has 0 bridgehead atoms. The highest BCUT2D eigenvalue weighted by molar-refractivity contribution is 7.07. The fraction of sp³-hybridized carbons (Fsp3) is 0.417. The summed E-state index contributed by atoms with van der Waals surface area (Å²) in [7, 11) is 1.86. The quantitative estimate of drug-likeness (QED) is 0.809. The van der Waals surface area contributed by atoms with Crippen molar-refractivity contribution >= 4 is 17.2 Å². The number of rotatable bonds is 3. The van der Waals surface area contributed by atoms with E-state index in [1.54, 1.807) is 16.2 Å². The molecule has 0 saturated carbocycles. The Labute approximate surface area is 99.8 Å². The molecule has 3 nitrogen and oxygen atoms in total. The third-order valence-corrected chi connectivity index (χ3v) is 3.61. The van der Waals surface area contributed by atoms with E-state index in [4.69, 9.17) is 0 Å². The van der Waals surface area contributed by atoms with Crippen LogP contribution in [0.3, 0.4) is 0 Å². The number of likely N-dealkylation sites (N-methyl/N-ethyl adjacent to an activating group) is 1. The van der Waals surface area contributed by atoms with Crippen LogP contribution in [0, 0.1) is 0 Å². The zero-order valence-corrected chi connectivity index (χ0v) is 10.4. The van der Waals surface area contributed by atoms with Gasteiger partial charge in [0.25, 0.3) is 0 Å². The molecule has 0 radical (unpaired) electrons. The first-order chi connectivity index (χ1) is 7.68. The summed E-state index contributed by atoms with van der Waals surface area (Å²) in [4.78, 5) is 13.8. The van der Waals surface area contributed by atoms with Crippen molar-refractivity contribution in [2.24, 2.45) is 0 Å². The van der Waals surface area contributed by atoms with Gasteiger partial charge >= 0.3 is 0 Å². The maximum absolute atomic E-state index is 12.0. The molecule has 4 heteroatoms. The predicted octanol–water partition coefficient (Wildman–Crippen LogP) is 1.63. The number of nitrogens with zero attached hydrogens (tertiary/aromatic N) is 1. The summed E-state index contributed by atoms with van der Waals surface area (Å²) in [6.45, 7) is 4.34. The van der Waals surface area contributed by atoms with Crippen LogP contribution in [0.4, 0.5) is 0 Å². The van der Waals surface area contributed by atoms with E-state index in [-0.39, 0.29) is 5.91 Å². The van der Waals surface area contributed by atoms with Crippen molar-refractivity contribution < 1.29 is 4.79 Å². The van der Waals surface area contributed by atoms with Crippen molar-refractivity contribution in [3.8, 4) is 0 Å². The lowest BCUT2D eigenvalue weighted by Crippen LogP contribution is -2.38. The fourth-order valence-electron chi connectivity index (χ4n) is 1.68. The van der Waals surface area contributed by atoms with Crippen LogP contribution < -0.4 is 5.32 Å². The minimum Gasteiger partial charge on any atom is -0.338 e. The van der Waals surface area contributed by atoms with E-state index in [2.05, 4.69) is 16.8 Å². The molecule has 1 saturated heterocycles. The van der Waals surface area contributed by atoms with Crippen LogP contribution in [0.1, 0.15) is 12.5 Å². The number of carbonyl (C=O) groups is 1. The van der Waals surface area contributed by atoms with Gasteiger partial charge in [-0.3, -0.25) is 4.79 Å². The maximum Gasteiger partial charge on any atom is 0.249 e. The lowest BCUT2D eigenvalue weighted by molar-refractivity contribution is -0.126. The second-order valence-electron chi connectivity index (χ2n) is 4.12. The van der Waals surface area contributed by atoms with E-state index in [0.29, 0.717) is 6.54 Å². The van der Waals surface area contributed by atoms with E-state index < -0.39 is 0 Å². The molecule has 1 fully saturated rings. The van der Waals surface area contributed by atoms with Crippen molar-refractivity contribution in [1.29, 1.82) is 0 Å². The highest BCUT2D eigenvalue weighted by Crippen LogP contribution is 2.14. The molecule has 1 aromatic rings. The monoisotopic (exact) mass is 236 g/mol. The average Bonchev–Trinajstić information content (AvgIpc) is 2.66. The van der Waals surface area contributed by atoms with Crippen LogP contribution in [0.2, 0.25) is 0 Å². The molecule has 2 heterocycles. The second-order valence-corrected chi connectivity index (χ2v) is 4.90. The smallest absolute Gasteiger partial charge is 0.249 e. The predicted molar refractivity (Wildman–Crippen MR) is 66.4 cm³/mol. The third kappa shape index (κ3) is 2.33. The molecule has 0 aromatic carbocycles. The first-order valence-corrected chi connectivity index (χ1v) is 6.28. The van der Waals surface area contributed by atoms with Gasteiger partial charge in [0.15, 0.2) is 0 Å². The van der Waals surface area contributed by atoms with Crippen molar-refractivity contribution in [1.82, 2.24) is 10.2 Å². The Morgan fingerprint density at radius 3 is 2.81 bits per heavy atom. The van der Waals surface area contributed by atoms with Gasteiger partial charge in [0, 0.05) is 32.3 Å². The lowest BCUT2D eigenvalue weighted by atomic mass is 10.0. The molecule has 1 aliphatic rings. The molecule has 1 N–H and O–H groups in total. The number of amides is 1. The largest absolute Gasteiger partial charge is 0.338 e. The summed E-state index contributed by atoms with van der Waals surface area (Å²) in [5.74, 6) is 0.141. The van der Waals surface area contributed by atoms with Crippen LogP contribution in [0.15, 0.2) is 28.0 Å². The summed E-state index contributed by atoms with van der Waals surface area (Å²) < 4.78 is 0. The summed E-state index contributed by atoms with van der Waals surface area (Å²) in [5.41, 5.74) is 3.34. The van der Waals surface area contributed by atoms with Gasteiger partial charge in [0.05, 0.1) is 0 Å². The summed E-state index contributed by atoms with van der Waals surface area (Å²) in [5, 5.41) is 7.27. The number of hydrogen-bond donors (Lipinski definition) is 1. The molecule has 86 valence electrons. The lowest BCUT2D eigenvalue weighted by Gasteiger charge is -2.24. The topological polar surface area (TPSA) is 32.3 Å². The van der Waals surface area contributed by atoms with Crippen LogP contribution in [-0.2, 0) is 11.3 Å². The summed E-state index contributed by atoms with van der Waals surface area (Å²) in [6, 6.07) is 2.06. The maximum atomic E-state index is 12.0. The Morgan fingerprint density at radius 2 is 2.31 bits per heavy atom. The summed E-state index contributed by atoms with van der Waals surface area (Å²) in [6.07, 6.45) is 0. The number of thiophene rings is 1. The Morgan fingerprint density at radius 1 is 1.56 bits per heavy atom. The number of nitrogens with one attached hydrogen (secondary N) is 1. The van der Waals surface area contributed by atoms with Crippen molar-refractivity contribution in [3.63, 3.8) is 0 Å². The van der Waals surface area contributed by atoms with E-state index >= 15 is 0 Å². The molecule has 1 aliphatic heterocycles. The van der Waals surface area contributed by atoms with Gasteiger partial charge < -0.3 is 10.2 Å². The van der Waals surface area contributed by atoms with Gasteiger partial charge in [-0.05, 0) is 34.9 Å². The second kappa shape index (κ2) is 4.80. The van der Waals surface area contributed by atoms with E-state index in [9.17, 15) is 4.79 Å². The van der Waals surface area contributed by atoms with Gasteiger partial charge in [-0.2, -0.15) is 11.3 Å². The highest BCUT2D eigenvalue weighted by Gasteiger charge is 2.18. The molecular formula is C12H16N2OS. The zero-order valence-electron chi connectivity index (χ0n) is 9.62. The molecule has 0 atom stereocenters. The molecule has 2 rings (SSSR count). The summed E-state index contributed by atoms with van der Waals surface area (Å²) >= 11 is 1.66. The minimum atomic E-state index is 0.141. The third-order valence-electron chi connectivity index (χ3n) is 2.87. The molecule has 0 unspecified atom stereocenters. The van der Waals surface area contributed by atoms with Crippen molar-refractivity contribution in [2.75, 3.05) is 20.1 Å². The first kappa shape index (κ1) is 11.4. The molecule has 1 aromatic heterocycles. The van der Waals surface area contributed by atoms with E-state index in [0.717, 1.165) is 18.7 Å². The van der Waals surface area contributed by atoms with Gasteiger partial charge in [-0.25, -0.2) is 0 Å². The van der Waals surface area contributed by atoms with Crippen LogP contribution >= 0.6 is 11.3 Å². The van der Waals surface area contributed by atoms with Gasteiger partial charge in [-0.15, -0.1) is 0 Å². The number of hydrogen-bond acceptors (Lipinski definition) is 3. The van der Waals surface area contributed by atoms with Gasteiger partial charge in [-0.1, -0.05) is 0 Å². The average molecular weight is 236 g/mol. The number of carbonyl (C=O) groups excluding carboxylic acids is 1. The normalized spacial score (nSPS) is 14.5. The first-order valence-electron chi connectivity index (χ1n) is 5.34. The van der Waals surface area contributed by atoms with Crippen LogP contribution in [0.5, 0.6) is 0 Å². The van der Waals surface area contributed by atoms with E-state index in [1.807, 2.05) is 19.4 Å². The Balaban J connectivity index is 1.99. The molecule has 0 aliphatic carbocycles. The van der Waals surface area contributed by atoms with Crippen LogP contribution in [0.25, 0.3) is 0 Å². The zero-order chi connectivity index (χ0) is 11.5. The minimum absolute atomic E-state index is 0.141. The molecule has 1 amide bonds. The fourth-order valence-corrected chi connectivity index (χ4v) is 2.34. The Kier molecular flexibility index (Phi) is 3.41. The van der Waals surface area contributed by atoms with Crippen LogP contribution in [-0.4, -0.2) is 30.9 Å². The van der Waals surface area contributed by atoms with Crippen molar-refractivity contribution in [3.05, 3.63) is 33.5 Å². The van der Waals surface area contributed by atoms with Gasteiger partial charge in [0.1, 0.15) is 0 Å².